The Hall–Kier alpha value is -2.96. The molecule has 0 saturated carbocycles. The number of halogens is 2. The molecule has 124 valence electrons. The summed E-state index contributed by atoms with van der Waals surface area (Å²) in [6, 6.07) is 5.13. The maximum absolute atomic E-state index is 14.2. The van der Waals surface area contributed by atoms with Crippen LogP contribution in [0.1, 0.15) is 6.92 Å². The van der Waals surface area contributed by atoms with Gasteiger partial charge in [0.25, 0.3) is 5.56 Å². The van der Waals surface area contributed by atoms with Crippen LogP contribution in [0.4, 0.5) is 20.3 Å². The minimum absolute atomic E-state index is 0.0271. The van der Waals surface area contributed by atoms with E-state index >= 15 is 0 Å². The predicted octanol–water partition coefficient (Wildman–Crippen LogP) is 2.99. The SMILES string of the molecule is CCn1c(=O)c(-c2cc(N)c(F)cc2F)cc2cnc(NC)cc21. The van der Waals surface area contributed by atoms with Crippen molar-refractivity contribution in [2.45, 2.75) is 13.5 Å². The molecule has 5 nitrogen and oxygen atoms in total. The van der Waals surface area contributed by atoms with Crippen molar-refractivity contribution >= 4 is 22.4 Å². The van der Waals surface area contributed by atoms with Crippen molar-refractivity contribution in [1.29, 1.82) is 0 Å². The zero-order chi connectivity index (χ0) is 17.4. The number of nitrogens with two attached hydrogens (primary N) is 1. The van der Waals surface area contributed by atoms with Crippen molar-refractivity contribution in [3.8, 4) is 11.1 Å². The fourth-order valence-corrected chi connectivity index (χ4v) is 2.69. The largest absolute Gasteiger partial charge is 0.396 e. The van der Waals surface area contributed by atoms with Crippen LogP contribution < -0.4 is 16.6 Å². The van der Waals surface area contributed by atoms with Crippen LogP contribution in [0.5, 0.6) is 0 Å². The molecule has 1 aromatic carbocycles. The molecule has 3 N–H and O–H groups in total. The van der Waals surface area contributed by atoms with E-state index in [-0.39, 0.29) is 22.4 Å². The van der Waals surface area contributed by atoms with Crippen LogP contribution >= 0.6 is 0 Å². The maximum Gasteiger partial charge on any atom is 0.259 e. The molecule has 0 spiro atoms. The monoisotopic (exact) mass is 330 g/mol. The highest BCUT2D eigenvalue weighted by atomic mass is 19.1. The average Bonchev–Trinajstić information content (AvgIpc) is 2.57. The molecule has 0 aliphatic heterocycles. The van der Waals surface area contributed by atoms with Gasteiger partial charge in [0.1, 0.15) is 17.5 Å². The Labute approximate surface area is 136 Å². The number of fused-ring (bicyclic) bond motifs is 1. The molecule has 0 atom stereocenters. The van der Waals surface area contributed by atoms with Crippen LogP contribution in [0.15, 0.2) is 35.3 Å². The summed E-state index contributed by atoms with van der Waals surface area (Å²) in [6.45, 7) is 2.22. The molecule has 0 radical (unpaired) electrons. The predicted molar refractivity (Wildman–Crippen MR) is 91.0 cm³/mol. The number of nitrogens with one attached hydrogen (secondary N) is 1. The summed E-state index contributed by atoms with van der Waals surface area (Å²) in [5.41, 5.74) is 5.72. The Morgan fingerprint density at radius 1 is 1.17 bits per heavy atom. The number of nitrogens with zero attached hydrogens (tertiary/aromatic N) is 2. The molecule has 0 amide bonds. The Bertz CT molecular complexity index is 998. The van der Waals surface area contributed by atoms with Crippen molar-refractivity contribution in [3.63, 3.8) is 0 Å². The van der Waals surface area contributed by atoms with Gasteiger partial charge in [-0.25, -0.2) is 13.8 Å². The first kappa shape index (κ1) is 15.9. The topological polar surface area (TPSA) is 72.9 Å². The third-order valence-electron chi connectivity index (χ3n) is 3.93. The highest BCUT2D eigenvalue weighted by molar-refractivity contribution is 5.85. The van der Waals surface area contributed by atoms with Gasteiger partial charge in [0.05, 0.1) is 16.8 Å². The Morgan fingerprint density at radius 2 is 1.92 bits per heavy atom. The summed E-state index contributed by atoms with van der Waals surface area (Å²) in [7, 11) is 1.73. The lowest BCUT2D eigenvalue weighted by Gasteiger charge is -2.13. The second-order valence-corrected chi connectivity index (χ2v) is 5.34. The lowest BCUT2D eigenvalue weighted by atomic mass is 10.0. The van der Waals surface area contributed by atoms with Crippen molar-refractivity contribution in [1.82, 2.24) is 9.55 Å². The number of anilines is 2. The number of aromatic nitrogens is 2. The van der Waals surface area contributed by atoms with Gasteiger partial charge >= 0.3 is 0 Å². The van der Waals surface area contributed by atoms with E-state index < -0.39 is 11.6 Å². The molecule has 0 fully saturated rings. The first-order valence-electron chi connectivity index (χ1n) is 7.42. The normalized spacial score (nSPS) is 11.0. The van der Waals surface area contributed by atoms with Gasteiger partial charge in [-0.05, 0) is 19.1 Å². The number of hydrogen-bond acceptors (Lipinski definition) is 4. The van der Waals surface area contributed by atoms with Crippen molar-refractivity contribution < 1.29 is 8.78 Å². The van der Waals surface area contributed by atoms with Crippen LogP contribution in [0, 0.1) is 11.6 Å². The molecule has 0 saturated heterocycles. The number of benzene rings is 1. The summed E-state index contributed by atoms with van der Waals surface area (Å²) in [6.07, 6.45) is 1.60. The molecule has 0 unspecified atom stereocenters. The second kappa shape index (κ2) is 5.92. The van der Waals surface area contributed by atoms with Crippen molar-refractivity contribution in [2.24, 2.45) is 0 Å². The molecule has 7 heteroatoms. The summed E-state index contributed by atoms with van der Waals surface area (Å²) >= 11 is 0. The molecule has 2 heterocycles. The molecule has 0 bridgehead atoms. The first-order chi connectivity index (χ1) is 11.5. The fraction of sp³-hybridized carbons (Fsp3) is 0.176. The van der Waals surface area contributed by atoms with Crippen LogP contribution in [-0.4, -0.2) is 16.6 Å². The zero-order valence-corrected chi connectivity index (χ0v) is 13.2. The molecule has 3 rings (SSSR count). The van der Waals surface area contributed by atoms with Crippen LogP contribution in [0.2, 0.25) is 0 Å². The number of hydrogen-bond donors (Lipinski definition) is 2. The van der Waals surface area contributed by atoms with Gasteiger partial charge in [-0.1, -0.05) is 0 Å². The number of aryl methyl sites for hydroxylation is 1. The minimum atomic E-state index is -0.854. The van der Waals surface area contributed by atoms with Gasteiger partial charge in [-0.2, -0.15) is 0 Å². The molecule has 0 aliphatic carbocycles. The van der Waals surface area contributed by atoms with Gasteiger partial charge < -0.3 is 15.6 Å². The lowest BCUT2D eigenvalue weighted by molar-refractivity contribution is 0.588. The molecular formula is C17H16F2N4O. The average molecular weight is 330 g/mol. The molecule has 3 aromatic rings. The van der Waals surface area contributed by atoms with Crippen molar-refractivity contribution in [3.05, 3.63) is 52.5 Å². The summed E-state index contributed by atoms with van der Waals surface area (Å²) in [4.78, 5) is 17.0. The van der Waals surface area contributed by atoms with Gasteiger partial charge in [0.15, 0.2) is 0 Å². The van der Waals surface area contributed by atoms with E-state index in [0.717, 1.165) is 6.07 Å². The minimum Gasteiger partial charge on any atom is -0.396 e. The third kappa shape index (κ3) is 2.47. The van der Waals surface area contributed by atoms with Crippen molar-refractivity contribution in [2.75, 3.05) is 18.1 Å². The Morgan fingerprint density at radius 3 is 2.58 bits per heavy atom. The smallest absolute Gasteiger partial charge is 0.259 e. The van der Waals surface area contributed by atoms with E-state index in [1.807, 2.05) is 6.92 Å². The highest BCUT2D eigenvalue weighted by Gasteiger charge is 2.16. The molecule has 2 aromatic heterocycles. The first-order valence-corrected chi connectivity index (χ1v) is 7.42. The second-order valence-electron chi connectivity index (χ2n) is 5.34. The van der Waals surface area contributed by atoms with Crippen LogP contribution in [0.3, 0.4) is 0 Å². The number of rotatable bonds is 3. The van der Waals surface area contributed by atoms with E-state index in [2.05, 4.69) is 10.3 Å². The van der Waals surface area contributed by atoms with E-state index in [9.17, 15) is 13.6 Å². The number of nitrogen functional groups attached to an aromatic ring is 1. The molecule has 24 heavy (non-hydrogen) atoms. The van der Waals surface area contributed by atoms with Gasteiger partial charge in [0, 0.05) is 42.9 Å². The number of pyridine rings is 2. The van der Waals surface area contributed by atoms with E-state index in [4.69, 9.17) is 5.73 Å². The third-order valence-corrected chi connectivity index (χ3v) is 3.93. The van der Waals surface area contributed by atoms with E-state index in [1.165, 1.54) is 4.57 Å². The Kier molecular flexibility index (Phi) is 3.92. The van der Waals surface area contributed by atoms with Crippen LogP contribution in [-0.2, 0) is 6.54 Å². The van der Waals surface area contributed by atoms with Crippen LogP contribution in [0.25, 0.3) is 22.0 Å². The Balaban J connectivity index is 2.36. The van der Waals surface area contributed by atoms with Gasteiger partial charge in [-0.15, -0.1) is 0 Å². The summed E-state index contributed by atoms with van der Waals surface area (Å²) in [5.74, 6) is -1.07. The summed E-state index contributed by atoms with van der Waals surface area (Å²) < 4.78 is 29.1. The van der Waals surface area contributed by atoms with E-state index in [0.29, 0.717) is 29.3 Å². The maximum atomic E-state index is 14.2. The van der Waals surface area contributed by atoms with Gasteiger partial charge in [-0.3, -0.25) is 4.79 Å². The summed E-state index contributed by atoms with van der Waals surface area (Å²) in [5, 5.41) is 3.59. The highest BCUT2D eigenvalue weighted by Crippen LogP contribution is 2.27. The van der Waals surface area contributed by atoms with E-state index in [1.54, 1.807) is 25.4 Å². The van der Waals surface area contributed by atoms with Gasteiger partial charge in [0.2, 0.25) is 0 Å². The fourth-order valence-electron chi connectivity index (χ4n) is 2.69. The molecular weight excluding hydrogens is 314 g/mol. The standard InChI is InChI=1S/C17H16F2N4O/c1-3-23-15-7-16(21-2)22-8-9(15)4-11(17(23)24)10-5-14(20)13(19)6-12(10)18/h4-8H,3,20H2,1-2H3,(H,21,22). The molecule has 0 aliphatic rings. The lowest BCUT2D eigenvalue weighted by Crippen LogP contribution is -2.22. The quantitative estimate of drug-likeness (QED) is 0.724. The zero-order valence-electron chi connectivity index (χ0n) is 13.2.